The van der Waals surface area contributed by atoms with E-state index in [4.69, 9.17) is 22.7 Å². The molecule has 114 valence electrons. The van der Waals surface area contributed by atoms with Crippen molar-refractivity contribution in [2.75, 3.05) is 6.61 Å². The second-order valence-electron chi connectivity index (χ2n) is 4.28. The third kappa shape index (κ3) is 5.54. The minimum absolute atomic E-state index is 0.115. The highest BCUT2D eigenvalue weighted by Crippen LogP contribution is 2.15. The summed E-state index contributed by atoms with van der Waals surface area (Å²) in [5.74, 6) is 0.778. The zero-order valence-electron chi connectivity index (χ0n) is 11.4. The maximum atomic E-state index is 5.77. The molecular weight excluding hydrogens is 477 g/mol. The van der Waals surface area contributed by atoms with Crippen LogP contribution < -0.4 is 15.9 Å². The molecule has 0 aliphatic carbocycles. The molecule has 0 amide bonds. The Morgan fingerprint density at radius 2 is 1.82 bits per heavy atom. The molecular formula is C15H13BrIN3OS. The lowest BCUT2D eigenvalue weighted by Crippen LogP contribution is -2.27. The highest BCUT2D eigenvalue weighted by Gasteiger charge is 2.06. The van der Waals surface area contributed by atoms with Crippen molar-refractivity contribution in [1.82, 2.24) is 5.43 Å². The molecule has 0 saturated heterocycles. The van der Waals surface area contributed by atoms with E-state index < -0.39 is 0 Å². The lowest BCUT2D eigenvalue weighted by molar-refractivity contribution is 0.376. The first-order valence-corrected chi connectivity index (χ1v) is 8.59. The minimum atomic E-state index is 0.115. The summed E-state index contributed by atoms with van der Waals surface area (Å²) in [6, 6.07) is 15.6. The van der Waals surface area contributed by atoms with Crippen molar-refractivity contribution in [3.05, 3.63) is 62.1 Å². The summed E-state index contributed by atoms with van der Waals surface area (Å²) in [5, 5.41) is 4.33. The minimum Gasteiger partial charge on any atom is -0.487 e. The Morgan fingerprint density at radius 3 is 2.41 bits per heavy atom. The summed E-state index contributed by atoms with van der Waals surface area (Å²) in [6.45, 7) is 0.303. The van der Waals surface area contributed by atoms with Gasteiger partial charge in [0.2, 0.25) is 0 Å². The molecule has 3 N–H and O–H groups in total. The SMILES string of the molecule is NC(=S)N/N=C(\COc1ccc(I)cc1)c1ccc(Br)cc1. The van der Waals surface area contributed by atoms with E-state index in [-0.39, 0.29) is 5.11 Å². The molecule has 2 aromatic carbocycles. The molecule has 7 heteroatoms. The van der Waals surface area contributed by atoms with Crippen LogP contribution in [0.3, 0.4) is 0 Å². The monoisotopic (exact) mass is 489 g/mol. The smallest absolute Gasteiger partial charge is 0.184 e. The normalized spacial score (nSPS) is 11.1. The Balaban J connectivity index is 2.14. The van der Waals surface area contributed by atoms with E-state index >= 15 is 0 Å². The molecule has 4 nitrogen and oxygen atoms in total. The van der Waals surface area contributed by atoms with Crippen molar-refractivity contribution in [3.63, 3.8) is 0 Å². The number of rotatable bonds is 5. The van der Waals surface area contributed by atoms with Crippen molar-refractivity contribution >= 4 is 61.6 Å². The summed E-state index contributed by atoms with van der Waals surface area (Å²) in [6.07, 6.45) is 0. The zero-order valence-corrected chi connectivity index (χ0v) is 16.0. The number of halogens is 2. The van der Waals surface area contributed by atoms with Gasteiger partial charge < -0.3 is 10.5 Å². The van der Waals surface area contributed by atoms with Gasteiger partial charge in [-0.15, -0.1) is 0 Å². The van der Waals surface area contributed by atoms with E-state index in [0.29, 0.717) is 12.3 Å². The third-order valence-corrected chi connectivity index (χ3v) is 4.01. The average Bonchev–Trinajstić information content (AvgIpc) is 2.50. The van der Waals surface area contributed by atoms with Crippen LogP contribution in [0.15, 0.2) is 58.1 Å². The number of nitrogens with two attached hydrogens (primary N) is 1. The highest BCUT2D eigenvalue weighted by atomic mass is 127. The largest absolute Gasteiger partial charge is 0.487 e. The van der Waals surface area contributed by atoms with E-state index in [0.717, 1.165) is 19.4 Å². The molecule has 2 aromatic rings. The molecule has 0 spiro atoms. The molecule has 0 saturated carbocycles. The van der Waals surface area contributed by atoms with Crippen LogP contribution in [0.4, 0.5) is 0 Å². The van der Waals surface area contributed by atoms with Gasteiger partial charge in [-0.1, -0.05) is 28.1 Å². The van der Waals surface area contributed by atoms with Crippen molar-refractivity contribution in [2.45, 2.75) is 0 Å². The summed E-state index contributed by atoms with van der Waals surface area (Å²) in [7, 11) is 0. The van der Waals surface area contributed by atoms with Gasteiger partial charge in [0.05, 0.1) is 0 Å². The van der Waals surface area contributed by atoms with Gasteiger partial charge in [-0.05, 0) is 71.2 Å². The molecule has 0 aliphatic rings. The van der Waals surface area contributed by atoms with E-state index in [1.54, 1.807) is 0 Å². The quantitative estimate of drug-likeness (QED) is 0.291. The third-order valence-electron chi connectivity index (χ3n) is 2.67. The molecule has 0 fully saturated rings. The van der Waals surface area contributed by atoms with Gasteiger partial charge in [0.1, 0.15) is 18.1 Å². The molecule has 0 bridgehead atoms. The van der Waals surface area contributed by atoms with Crippen LogP contribution in [0.25, 0.3) is 0 Å². The Labute approximate surface area is 156 Å². The van der Waals surface area contributed by atoms with Crippen LogP contribution in [0, 0.1) is 3.57 Å². The summed E-state index contributed by atoms with van der Waals surface area (Å²) in [4.78, 5) is 0. The van der Waals surface area contributed by atoms with Crippen LogP contribution >= 0.6 is 50.7 Å². The van der Waals surface area contributed by atoms with Crippen LogP contribution in [0.5, 0.6) is 5.75 Å². The van der Waals surface area contributed by atoms with Crippen LogP contribution in [-0.4, -0.2) is 17.4 Å². The number of nitrogens with one attached hydrogen (secondary N) is 1. The first kappa shape index (κ1) is 17.2. The number of thiocarbonyl (C=S) groups is 1. The van der Waals surface area contributed by atoms with Gasteiger partial charge in [-0.2, -0.15) is 5.10 Å². The number of hydrogen-bond acceptors (Lipinski definition) is 3. The van der Waals surface area contributed by atoms with E-state index in [1.165, 1.54) is 0 Å². The lowest BCUT2D eigenvalue weighted by Gasteiger charge is -2.10. The van der Waals surface area contributed by atoms with Crippen molar-refractivity contribution in [1.29, 1.82) is 0 Å². The van der Waals surface area contributed by atoms with Gasteiger partial charge in [0.15, 0.2) is 5.11 Å². The number of ether oxygens (including phenoxy) is 1. The lowest BCUT2D eigenvalue weighted by atomic mass is 10.1. The average molecular weight is 490 g/mol. The van der Waals surface area contributed by atoms with Gasteiger partial charge in [-0.25, -0.2) is 0 Å². The van der Waals surface area contributed by atoms with Crippen molar-refractivity contribution in [2.24, 2.45) is 10.8 Å². The summed E-state index contributed by atoms with van der Waals surface area (Å²) >= 11 is 10.4. The van der Waals surface area contributed by atoms with Gasteiger partial charge in [-0.3, -0.25) is 5.43 Å². The van der Waals surface area contributed by atoms with E-state index in [9.17, 15) is 0 Å². The predicted molar refractivity (Wildman–Crippen MR) is 105 cm³/mol. The fraction of sp³-hybridized carbons (Fsp3) is 0.0667. The van der Waals surface area contributed by atoms with Gasteiger partial charge in [0, 0.05) is 13.6 Å². The molecule has 0 aliphatic heterocycles. The molecule has 0 heterocycles. The van der Waals surface area contributed by atoms with Crippen molar-refractivity contribution < 1.29 is 4.74 Å². The highest BCUT2D eigenvalue weighted by molar-refractivity contribution is 14.1. The van der Waals surface area contributed by atoms with Crippen LogP contribution in [0.2, 0.25) is 0 Å². The van der Waals surface area contributed by atoms with Crippen LogP contribution in [-0.2, 0) is 0 Å². The first-order chi connectivity index (χ1) is 10.5. The second-order valence-corrected chi connectivity index (χ2v) is 6.89. The topological polar surface area (TPSA) is 59.6 Å². The van der Waals surface area contributed by atoms with E-state index in [1.807, 2.05) is 48.5 Å². The fourth-order valence-electron chi connectivity index (χ4n) is 1.63. The van der Waals surface area contributed by atoms with Gasteiger partial charge >= 0.3 is 0 Å². The molecule has 0 aromatic heterocycles. The second kappa shape index (κ2) is 8.44. The van der Waals surface area contributed by atoms with Gasteiger partial charge in [0.25, 0.3) is 0 Å². The number of hydrogen-bond donors (Lipinski definition) is 2. The Morgan fingerprint density at radius 1 is 1.18 bits per heavy atom. The Kier molecular flexibility index (Phi) is 6.59. The molecule has 22 heavy (non-hydrogen) atoms. The zero-order chi connectivity index (χ0) is 15.9. The summed E-state index contributed by atoms with van der Waals surface area (Å²) in [5.41, 5.74) is 9.67. The first-order valence-electron chi connectivity index (χ1n) is 6.31. The predicted octanol–water partition coefficient (Wildman–Crippen LogP) is 3.67. The molecule has 0 atom stereocenters. The van der Waals surface area contributed by atoms with Crippen LogP contribution in [0.1, 0.15) is 5.56 Å². The van der Waals surface area contributed by atoms with E-state index in [2.05, 4.69) is 49.0 Å². The maximum Gasteiger partial charge on any atom is 0.184 e. The Hall–Kier alpha value is -1.19. The number of hydrazone groups is 1. The Bertz CT molecular complexity index is 674. The summed E-state index contributed by atoms with van der Waals surface area (Å²) < 4.78 is 7.92. The number of benzene rings is 2. The number of nitrogens with zero attached hydrogens (tertiary/aromatic N) is 1. The fourth-order valence-corrected chi connectivity index (χ4v) is 2.30. The standard InChI is InChI=1S/C15H13BrIN3OS/c16-11-3-1-10(2-4-11)14(19-20-15(18)22)9-21-13-7-5-12(17)6-8-13/h1-8H,9H2,(H3,18,20,22)/b19-14+. The molecule has 0 radical (unpaired) electrons. The van der Waals surface area contributed by atoms with Crippen molar-refractivity contribution in [3.8, 4) is 5.75 Å². The molecule has 0 unspecified atom stereocenters. The molecule has 2 rings (SSSR count). The maximum absolute atomic E-state index is 5.77.